The molecule has 0 spiro atoms. The van der Waals surface area contributed by atoms with Crippen LogP contribution in [0.2, 0.25) is 0 Å². The number of carbonyl (C=O) groups excluding carboxylic acids is 1. The Bertz CT molecular complexity index is 714. The number of ether oxygens (including phenoxy) is 1. The van der Waals surface area contributed by atoms with Gasteiger partial charge in [-0.2, -0.15) is 0 Å². The molecule has 0 N–H and O–H groups in total. The highest BCUT2D eigenvalue weighted by Crippen LogP contribution is 2.32. The van der Waals surface area contributed by atoms with Gasteiger partial charge in [0.2, 0.25) is 0 Å². The number of carbonyl (C=O) groups is 1. The zero-order chi connectivity index (χ0) is 15.7. The van der Waals surface area contributed by atoms with Gasteiger partial charge in [0.1, 0.15) is 11.6 Å². The fourth-order valence-corrected chi connectivity index (χ4v) is 2.89. The SMILES string of the molecule is Cc1cccc2c1N(C(=O)C(C)Oc1cccc(F)c1)CC2. The monoisotopic (exact) mass is 299 g/mol. The molecule has 22 heavy (non-hydrogen) atoms. The fourth-order valence-electron chi connectivity index (χ4n) is 2.89. The van der Waals surface area contributed by atoms with Gasteiger partial charge in [0.25, 0.3) is 5.91 Å². The summed E-state index contributed by atoms with van der Waals surface area (Å²) >= 11 is 0. The van der Waals surface area contributed by atoms with Gasteiger partial charge in [0.15, 0.2) is 6.10 Å². The molecular formula is C18H18FNO2. The molecule has 1 aliphatic rings. The van der Waals surface area contributed by atoms with Crippen LogP contribution in [0.5, 0.6) is 5.75 Å². The maximum absolute atomic E-state index is 13.2. The lowest BCUT2D eigenvalue weighted by Gasteiger charge is -2.23. The third-order valence-corrected chi connectivity index (χ3v) is 3.92. The van der Waals surface area contributed by atoms with Gasteiger partial charge >= 0.3 is 0 Å². The molecule has 1 aliphatic heterocycles. The first-order valence-electron chi connectivity index (χ1n) is 7.38. The second-order valence-electron chi connectivity index (χ2n) is 5.54. The zero-order valence-corrected chi connectivity index (χ0v) is 12.7. The smallest absolute Gasteiger partial charge is 0.267 e. The summed E-state index contributed by atoms with van der Waals surface area (Å²) in [5.41, 5.74) is 3.26. The number of halogens is 1. The van der Waals surface area contributed by atoms with Crippen LogP contribution in [0.1, 0.15) is 18.1 Å². The van der Waals surface area contributed by atoms with Crippen LogP contribution in [-0.4, -0.2) is 18.6 Å². The molecule has 0 saturated heterocycles. The summed E-state index contributed by atoms with van der Waals surface area (Å²) in [7, 11) is 0. The Labute approximate surface area is 129 Å². The van der Waals surface area contributed by atoms with Gasteiger partial charge in [-0.05, 0) is 43.5 Å². The number of hydrogen-bond acceptors (Lipinski definition) is 2. The van der Waals surface area contributed by atoms with E-state index in [0.29, 0.717) is 12.3 Å². The molecule has 4 heteroatoms. The second-order valence-corrected chi connectivity index (χ2v) is 5.54. The summed E-state index contributed by atoms with van der Waals surface area (Å²) in [6, 6.07) is 11.9. The number of nitrogens with zero attached hydrogens (tertiary/aromatic N) is 1. The first-order valence-corrected chi connectivity index (χ1v) is 7.38. The molecule has 114 valence electrons. The lowest BCUT2D eigenvalue weighted by molar-refractivity contribution is -0.124. The Balaban J connectivity index is 1.78. The van der Waals surface area contributed by atoms with Gasteiger partial charge in [-0.1, -0.05) is 24.3 Å². The number of aryl methyl sites for hydroxylation is 1. The Kier molecular flexibility index (Phi) is 3.84. The Morgan fingerprint density at radius 2 is 2.05 bits per heavy atom. The van der Waals surface area contributed by atoms with Gasteiger partial charge < -0.3 is 9.64 Å². The van der Waals surface area contributed by atoms with Crippen molar-refractivity contribution in [1.29, 1.82) is 0 Å². The molecule has 1 amide bonds. The Morgan fingerprint density at radius 3 is 2.82 bits per heavy atom. The van der Waals surface area contributed by atoms with Crippen molar-refractivity contribution in [3.63, 3.8) is 0 Å². The van der Waals surface area contributed by atoms with Crippen molar-refractivity contribution in [2.75, 3.05) is 11.4 Å². The minimum absolute atomic E-state index is 0.0997. The van der Waals surface area contributed by atoms with E-state index in [1.807, 2.05) is 25.1 Å². The molecule has 3 nitrogen and oxygen atoms in total. The first-order chi connectivity index (χ1) is 10.6. The van der Waals surface area contributed by atoms with Crippen molar-refractivity contribution in [2.45, 2.75) is 26.4 Å². The quantitative estimate of drug-likeness (QED) is 0.868. The van der Waals surface area contributed by atoms with Crippen LogP contribution in [0.4, 0.5) is 10.1 Å². The van der Waals surface area contributed by atoms with Crippen molar-refractivity contribution < 1.29 is 13.9 Å². The highest BCUT2D eigenvalue weighted by Gasteiger charge is 2.30. The maximum atomic E-state index is 13.2. The molecule has 0 aromatic heterocycles. The van der Waals surface area contributed by atoms with E-state index in [1.54, 1.807) is 24.0 Å². The molecule has 3 rings (SSSR count). The number of benzene rings is 2. The van der Waals surface area contributed by atoms with E-state index < -0.39 is 6.10 Å². The molecular weight excluding hydrogens is 281 g/mol. The van der Waals surface area contributed by atoms with Gasteiger partial charge in [-0.3, -0.25) is 4.79 Å². The van der Waals surface area contributed by atoms with E-state index in [2.05, 4.69) is 0 Å². The number of amides is 1. The molecule has 1 heterocycles. The minimum Gasteiger partial charge on any atom is -0.481 e. The van der Waals surface area contributed by atoms with Gasteiger partial charge in [0, 0.05) is 18.3 Å². The normalized spacial score (nSPS) is 14.6. The van der Waals surface area contributed by atoms with E-state index in [0.717, 1.165) is 17.7 Å². The molecule has 1 unspecified atom stereocenters. The van der Waals surface area contributed by atoms with E-state index in [4.69, 9.17) is 4.74 Å². The highest BCUT2D eigenvalue weighted by atomic mass is 19.1. The number of hydrogen-bond donors (Lipinski definition) is 0. The molecule has 2 aromatic rings. The van der Waals surface area contributed by atoms with E-state index >= 15 is 0 Å². The summed E-state index contributed by atoms with van der Waals surface area (Å²) in [4.78, 5) is 14.4. The van der Waals surface area contributed by atoms with E-state index in [9.17, 15) is 9.18 Å². The molecule has 0 saturated carbocycles. The molecule has 0 fully saturated rings. The third kappa shape index (κ3) is 2.69. The summed E-state index contributed by atoms with van der Waals surface area (Å²) in [6.07, 6.45) is 0.197. The van der Waals surface area contributed by atoms with Crippen LogP contribution in [-0.2, 0) is 11.2 Å². The average Bonchev–Trinajstić information content (AvgIpc) is 2.92. The number of rotatable bonds is 3. The minimum atomic E-state index is -0.660. The lowest BCUT2D eigenvalue weighted by Crippen LogP contribution is -2.39. The topological polar surface area (TPSA) is 29.5 Å². The fraction of sp³-hybridized carbons (Fsp3) is 0.278. The van der Waals surface area contributed by atoms with Crippen LogP contribution in [0, 0.1) is 12.7 Å². The molecule has 0 radical (unpaired) electrons. The Hall–Kier alpha value is -2.36. The van der Waals surface area contributed by atoms with Gasteiger partial charge in [0.05, 0.1) is 0 Å². The van der Waals surface area contributed by atoms with E-state index in [1.165, 1.54) is 17.7 Å². The number of para-hydroxylation sites is 1. The zero-order valence-electron chi connectivity index (χ0n) is 12.7. The lowest BCUT2D eigenvalue weighted by atomic mass is 10.1. The van der Waals surface area contributed by atoms with Crippen molar-refractivity contribution in [3.05, 3.63) is 59.4 Å². The van der Waals surface area contributed by atoms with Crippen LogP contribution in [0.25, 0.3) is 0 Å². The maximum Gasteiger partial charge on any atom is 0.267 e. The third-order valence-electron chi connectivity index (χ3n) is 3.92. The summed E-state index contributed by atoms with van der Waals surface area (Å²) < 4.78 is 18.8. The van der Waals surface area contributed by atoms with Crippen molar-refractivity contribution >= 4 is 11.6 Å². The second kappa shape index (κ2) is 5.79. The van der Waals surface area contributed by atoms with Crippen LogP contribution in [0.15, 0.2) is 42.5 Å². The standard InChI is InChI=1S/C18H18FNO2/c1-12-5-3-6-14-9-10-20(17(12)14)18(21)13(2)22-16-8-4-7-15(19)11-16/h3-8,11,13H,9-10H2,1-2H3. The van der Waals surface area contributed by atoms with Crippen LogP contribution >= 0.6 is 0 Å². The largest absolute Gasteiger partial charge is 0.481 e. The molecule has 0 aliphatic carbocycles. The van der Waals surface area contributed by atoms with Crippen LogP contribution < -0.4 is 9.64 Å². The molecule has 1 atom stereocenters. The van der Waals surface area contributed by atoms with Crippen molar-refractivity contribution in [2.24, 2.45) is 0 Å². The van der Waals surface area contributed by atoms with Crippen LogP contribution in [0.3, 0.4) is 0 Å². The Morgan fingerprint density at radius 1 is 1.27 bits per heavy atom. The summed E-state index contributed by atoms with van der Waals surface area (Å²) in [5.74, 6) is -0.109. The summed E-state index contributed by atoms with van der Waals surface area (Å²) in [5, 5.41) is 0. The highest BCUT2D eigenvalue weighted by molar-refractivity contribution is 5.99. The number of anilines is 1. The molecule has 0 bridgehead atoms. The molecule has 2 aromatic carbocycles. The van der Waals surface area contributed by atoms with E-state index in [-0.39, 0.29) is 11.7 Å². The predicted octanol–water partition coefficient (Wildman–Crippen LogP) is 3.49. The predicted molar refractivity (Wildman–Crippen MR) is 83.7 cm³/mol. The summed E-state index contributed by atoms with van der Waals surface area (Å²) in [6.45, 7) is 4.36. The van der Waals surface area contributed by atoms with Crippen molar-refractivity contribution in [1.82, 2.24) is 0 Å². The number of fused-ring (bicyclic) bond motifs is 1. The van der Waals surface area contributed by atoms with Gasteiger partial charge in [-0.25, -0.2) is 4.39 Å². The average molecular weight is 299 g/mol. The first kappa shape index (κ1) is 14.6. The van der Waals surface area contributed by atoms with Crippen molar-refractivity contribution in [3.8, 4) is 5.75 Å². The van der Waals surface area contributed by atoms with Gasteiger partial charge in [-0.15, -0.1) is 0 Å².